The van der Waals surface area contributed by atoms with Crippen molar-refractivity contribution in [2.75, 3.05) is 17.7 Å². The van der Waals surface area contributed by atoms with Crippen molar-refractivity contribution in [3.8, 4) is 5.75 Å². The monoisotopic (exact) mass is 327 g/mol. The number of sulfone groups is 1. The first-order valence-electron chi connectivity index (χ1n) is 6.77. The molecule has 7 nitrogen and oxygen atoms in total. The Bertz CT molecular complexity index is 697. The van der Waals surface area contributed by atoms with Gasteiger partial charge in [0.05, 0.1) is 5.75 Å². The molecule has 1 saturated heterocycles. The SMILES string of the molecule is Cc1cc(OCC(=O)O)ccc1NC(=O)C1CCCS1(=O)=O. The molecular formula is C14H17NO6S. The predicted molar refractivity (Wildman–Crippen MR) is 79.7 cm³/mol. The first kappa shape index (κ1) is 16.3. The zero-order chi connectivity index (χ0) is 16.3. The summed E-state index contributed by atoms with van der Waals surface area (Å²) in [5.74, 6) is -1.20. The quantitative estimate of drug-likeness (QED) is 0.834. The summed E-state index contributed by atoms with van der Waals surface area (Å²) in [6, 6.07) is 4.67. The van der Waals surface area contributed by atoms with Gasteiger partial charge in [-0.2, -0.15) is 0 Å². The van der Waals surface area contributed by atoms with E-state index in [1.165, 1.54) is 6.07 Å². The van der Waals surface area contributed by atoms with Gasteiger partial charge in [0.25, 0.3) is 0 Å². The number of carbonyl (C=O) groups excluding carboxylic acids is 1. The number of benzene rings is 1. The van der Waals surface area contributed by atoms with Crippen molar-refractivity contribution in [2.24, 2.45) is 0 Å². The topological polar surface area (TPSA) is 110 Å². The predicted octanol–water partition coefficient (Wildman–Crippen LogP) is 0.974. The lowest BCUT2D eigenvalue weighted by Gasteiger charge is -2.13. The first-order chi connectivity index (χ1) is 10.3. The van der Waals surface area contributed by atoms with Crippen molar-refractivity contribution < 1.29 is 27.9 Å². The van der Waals surface area contributed by atoms with Crippen molar-refractivity contribution in [2.45, 2.75) is 25.0 Å². The Morgan fingerprint density at radius 3 is 2.68 bits per heavy atom. The second-order valence-electron chi connectivity index (χ2n) is 5.15. The van der Waals surface area contributed by atoms with Crippen LogP contribution in [0, 0.1) is 6.92 Å². The lowest BCUT2D eigenvalue weighted by Crippen LogP contribution is -2.32. The van der Waals surface area contributed by atoms with E-state index in [0.29, 0.717) is 29.8 Å². The molecule has 8 heteroatoms. The molecule has 1 aromatic rings. The average molecular weight is 327 g/mol. The highest BCUT2D eigenvalue weighted by molar-refractivity contribution is 7.93. The van der Waals surface area contributed by atoms with Crippen LogP contribution in [0.25, 0.3) is 0 Å². The Hall–Kier alpha value is -2.09. The Labute approximate surface area is 128 Å². The van der Waals surface area contributed by atoms with Gasteiger partial charge in [-0.05, 0) is 43.5 Å². The molecule has 0 spiro atoms. The summed E-state index contributed by atoms with van der Waals surface area (Å²) in [6.45, 7) is 1.26. The minimum Gasteiger partial charge on any atom is -0.482 e. The molecule has 1 aliphatic rings. The summed E-state index contributed by atoms with van der Waals surface area (Å²) in [6.07, 6.45) is 0.842. The number of rotatable bonds is 5. The molecule has 2 N–H and O–H groups in total. The number of amides is 1. The Balaban J connectivity index is 2.07. The van der Waals surface area contributed by atoms with E-state index >= 15 is 0 Å². The fraction of sp³-hybridized carbons (Fsp3) is 0.429. The van der Waals surface area contributed by atoms with E-state index in [4.69, 9.17) is 9.84 Å². The molecule has 120 valence electrons. The van der Waals surface area contributed by atoms with E-state index in [2.05, 4.69) is 5.32 Å². The van der Waals surface area contributed by atoms with E-state index in [9.17, 15) is 18.0 Å². The standard InChI is InChI=1S/C14H17NO6S/c1-9-7-10(21-8-13(16)17)4-5-11(9)15-14(18)12-3-2-6-22(12,19)20/h4-5,7,12H,2-3,6,8H2,1H3,(H,15,18)(H,16,17). The van der Waals surface area contributed by atoms with Crippen molar-refractivity contribution >= 4 is 27.4 Å². The number of carbonyl (C=O) groups is 2. The highest BCUT2D eigenvalue weighted by atomic mass is 32.2. The zero-order valence-corrected chi connectivity index (χ0v) is 12.9. The summed E-state index contributed by atoms with van der Waals surface area (Å²) in [5, 5.41) is 10.2. The molecule has 1 aliphatic heterocycles. The summed E-state index contributed by atoms with van der Waals surface area (Å²) >= 11 is 0. The van der Waals surface area contributed by atoms with Gasteiger partial charge in [0.1, 0.15) is 11.0 Å². The molecule has 1 unspecified atom stereocenters. The largest absolute Gasteiger partial charge is 0.482 e. The molecule has 22 heavy (non-hydrogen) atoms. The van der Waals surface area contributed by atoms with Crippen LogP contribution >= 0.6 is 0 Å². The fourth-order valence-corrected chi connectivity index (χ4v) is 4.07. The van der Waals surface area contributed by atoms with Crippen molar-refractivity contribution in [3.63, 3.8) is 0 Å². The second-order valence-corrected chi connectivity index (χ2v) is 7.45. The van der Waals surface area contributed by atoms with Crippen molar-refractivity contribution in [1.29, 1.82) is 0 Å². The Morgan fingerprint density at radius 2 is 2.14 bits per heavy atom. The number of hydrogen-bond acceptors (Lipinski definition) is 5. The van der Waals surface area contributed by atoms with E-state index in [0.717, 1.165) is 0 Å². The molecule has 0 aliphatic carbocycles. The van der Waals surface area contributed by atoms with Crippen LogP contribution in [0.15, 0.2) is 18.2 Å². The summed E-state index contributed by atoms with van der Waals surface area (Å²) in [4.78, 5) is 22.5. The zero-order valence-electron chi connectivity index (χ0n) is 12.0. The van der Waals surface area contributed by atoms with Gasteiger partial charge in [-0.25, -0.2) is 13.2 Å². The maximum atomic E-state index is 12.1. The van der Waals surface area contributed by atoms with Gasteiger partial charge in [0.2, 0.25) is 5.91 Å². The highest BCUT2D eigenvalue weighted by Crippen LogP contribution is 2.25. The molecule has 1 atom stereocenters. The second kappa shape index (κ2) is 6.35. The van der Waals surface area contributed by atoms with Crippen LogP contribution in [0.4, 0.5) is 5.69 Å². The third kappa shape index (κ3) is 3.76. The molecule has 0 bridgehead atoms. The minimum absolute atomic E-state index is 0.0477. The lowest BCUT2D eigenvalue weighted by atomic mass is 10.1. The lowest BCUT2D eigenvalue weighted by molar-refractivity contribution is -0.139. The number of hydrogen-bond donors (Lipinski definition) is 2. The van der Waals surface area contributed by atoms with Crippen LogP contribution in [0.2, 0.25) is 0 Å². The van der Waals surface area contributed by atoms with Gasteiger partial charge >= 0.3 is 5.97 Å². The Morgan fingerprint density at radius 1 is 1.41 bits per heavy atom. The highest BCUT2D eigenvalue weighted by Gasteiger charge is 2.37. The number of aliphatic carboxylic acids is 1. The fourth-order valence-electron chi connectivity index (χ4n) is 2.31. The van der Waals surface area contributed by atoms with Crippen molar-refractivity contribution in [1.82, 2.24) is 0 Å². The molecular weight excluding hydrogens is 310 g/mol. The summed E-state index contributed by atoms with van der Waals surface area (Å²) < 4.78 is 28.5. The van der Waals surface area contributed by atoms with Gasteiger partial charge in [-0.15, -0.1) is 0 Å². The molecule has 0 radical (unpaired) electrons. The Kier molecular flexibility index (Phi) is 4.70. The molecule has 0 aromatic heterocycles. The van der Waals surface area contributed by atoms with Crippen LogP contribution in [-0.4, -0.2) is 43.0 Å². The van der Waals surface area contributed by atoms with E-state index < -0.39 is 33.6 Å². The van der Waals surface area contributed by atoms with E-state index in [1.54, 1.807) is 19.1 Å². The maximum absolute atomic E-state index is 12.1. The molecule has 2 rings (SSSR count). The normalized spacial score (nSPS) is 19.6. The molecule has 1 amide bonds. The number of carboxylic acid groups (broad SMARTS) is 1. The van der Waals surface area contributed by atoms with Crippen LogP contribution in [0.1, 0.15) is 18.4 Å². The third-order valence-corrected chi connectivity index (χ3v) is 5.61. The van der Waals surface area contributed by atoms with Gasteiger partial charge in [-0.1, -0.05) is 0 Å². The van der Waals surface area contributed by atoms with Gasteiger partial charge < -0.3 is 15.2 Å². The average Bonchev–Trinajstić information content (AvgIpc) is 2.78. The molecule has 1 heterocycles. The van der Waals surface area contributed by atoms with E-state index in [1.807, 2.05) is 0 Å². The van der Waals surface area contributed by atoms with Gasteiger partial charge in [0, 0.05) is 5.69 Å². The minimum atomic E-state index is -3.35. The third-order valence-electron chi connectivity index (χ3n) is 3.44. The number of nitrogens with one attached hydrogen (secondary N) is 1. The van der Waals surface area contributed by atoms with Gasteiger partial charge in [0.15, 0.2) is 16.4 Å². The van der Waals surface area contributed by atoms with Crippen LogP contribution < -0.4 is 10.1 Å². The summed E-state index contributed by atoms with van der Waals surface area (Å²) in [5.41, 5.74) is 1.14. The number of anilines is 1. The van der Waals surface area contributed by atoms with E-state index in [-0.39, 0.29) is 5.75 Å². The summed E-state index contributed by atoms with van der Waals surface area (Å²) in [7, 11) is -3.35. The van der Waals surface area contributed by atoms with Crippen LogP contribution in [0.3, 0.4) is 0 Å². The maximum Gasteiger partial charge on any atom is 0.341 e. The van der Waals surface area contributed by atoms with Gasteiger partial charge in [-0.3, -0.25) is 4.79 Å². The van der Waals surface area contributed by atoms with Crippen molar-refractivity contribution in [3.05, 3.63) is 23.8 Å². The number of ether oxygens (including phenoxy) is 1. The first-order valence-corrected chi connectivity index (χ1v) is 8.49. The molecule has 0 saturated carbocycles. The smallest absolute Gasteiger partial charge is 0.341 e. The molecule has 1 fully saturated rings. The number of aryl methyl sites for hydroxylation is 1. The number of carboxylic acids is 1. The van der Waals surface area contributed by atoms with Crippen LogP contribution in [-0.2, 0) is 19.4 Å². The molecule has 1 aromatic carbocycles. The van der Waals surface area contributed by atoms with Crippen LogP contribution in [0.5, 0.6) is 5.75 Å².